The minimum absolute atomic E-state index is 0. The summed E-state index contributed by atoms with van der Waals surface area (Å²) < 4.78 is 5.69. The standard InChI is InChI=1S/C21H27NO3.ClH/c1-2-14-22-15-18(23)16-25-21-11-7-6-10-19(21)20(24)13-12-17-8-4-3-5-9-17;/h3-11,18,22-23H,2,12-16H2,1H3;1H/p-1. The van der Waals surface area contributed by atoms with Gasteiger partial charge >= 0.3 is 0 Å². The second kappa shape index (κ2) is 12.5. The third-order valence-electron chi connectivity index (χ3n) is 3.91. The molecule has 2 aromatic rings. The number of ketones is 1. The summed E-state index contributed by atoms with van der Waals surface area (Å²) in [5, 5.41) is 13.1. The van der Waals surface area contributed by atoms with Crippen LogP contribution in [0.4, 0.5) is 0 Å². The number of Topliss-reactive ketones (excluding diaryl/α,β-unsaturated/α-hetero) is 1. The van der Waals surface area contributed by atoms with E-state index in [0.717, 1.165) is 18.5 Å². The average molecular weight is 377 g/mol. The molecular formula is C21H27ClNO3-. The Morgan fingerprint density at radius 2 is 1.81 bits per heavy atom. The van der Waals surface area contributed by atoms with Gasteiger partial charge in [-0.1, -0.05) is 49.4 Å². The van der Waals surface area contributed by atoms with Crippen LogP contribution in [-0.4, -0.2) is 36.7 Å². The Kier molecular flexibility index (Phi) is 10.6. The van der Waals surface area contributed by atoms with Gasteiger partial charge in [-0.05, 0) is 37.1 Å². The van der Waals surface area contributed by atoms with Crippen LogP contribution in [0.25, 0.3) is 0 Å². The van der Waals surface area contributed by atoms with Gasteiger partial charge in [-0.2, -0.15) is 0 Å². The van der Waals surface area contributed by atoms with Crippen molar-refractivity contribution >= 4 is 5.78 Å². The molecule has 0 aliphatic rings. The molecule has 1 atom stereocenters. The molecule has 0 saturated carbocycles. The molecule has 0 aromatic heterocycles. The van der Waals surface area contributed by atoms with Gasteiger partial charge in [0.15, 0.2) is 5.78 Å². The molecule has 0 radical (unpaired) electrons. The minimum Gasteiger partial charge on any atom is -1.00 e. The van der Waals surface area contributed by atoms with E-state index in [1.165, 1.54) is 0 Å². The molecule has 0 fully saturated rings. The van der Waals surface area contributed by atoms with E-state index in [1.54, 1.807) is 12.1 Å². The van der Waals surface area contributed by atoms with Crippen LogP contribution in [0.3, 0.4) is 0 Å². The van der Waals surface area contributed by atoms with Crippen molar-refractivity contribution < 1.29 is 27.0 Å². The fourth-order valence-corrected chi connectivity index (χ4v) is 2.55. The molecule has 4 nitrogen and oxygen atoms in total. The van der Waals surface area contributed by atoms with E-state index in [2.05, 4.69) is 12.2 Å². The Labute approximate surface area is 162 Å². The van der Waals surface area contributed by atoms with Crippen LogP contribution < -0.4 is 22.5 Å². The molecule has 26 heavy (non-hydrogen) atoms. The smallest absolute Gasteiger partial charge is 0.166 e. The van der Waals surface area contributed by atoms with Crippen LogP contribution in [-0.2, 0) is 6.42 Å². The molecule has 0 bridgehead atoms. The molecule has 0 saturated heterocycles. The van der Waals surface area contributed by atoms with Crippen molar-refractivity contribution in [3.05, 3.63) is 65.7 Å². The predicted octanol–water partition coefficient (Wildman–Crippen LogP) is 0.245. The van der Waals surface area contributed by atoms with Crippen LogP contribution in [0.1, 0.15) is 35.7 Å². The average Bonchev–Trinajstić information content (AvgIpc) is 2.66. The summed E-state index contributed by atoms with van der Waals surface area (Å²) in [6.07, 6.45) is 1.56. The first kappa shape index (κ1) is 22.2. The number of hydrogen-bond donors (Lipinski definition) is 2. The monoisotopic (exact) mass is 376 g/mol. The van der Waals surface area contributed by atoms with Crippen LogP contribution in [0.15, 0.2) is 54.6 Å². The molecule has 5 heteroatoms. The van der Waals surface area contributed by atoms with Gasteiger partial charge in [0.05, 0.1) is 5.56 Å². The fraction of sp³-hybridized carbons (Fsp3) is 0.381. The first-order valence-corrected chi connectivity index (χ1v) is 8.88. The summed E-state index contributed by atoms with van der Waals surface area (Å²) in [5.74, 6) is 0.591. The Balaban J connectivity index is 0.00000338. The quantitative estimate of drug-likeness (QED) is 0.436. The van der Waals surface area contributed by atoms with Gasteiger partial charge in [0, 0.05) is 13.0 Å². The Hall–Kier alpha value is -1.88. The first-order chi connectivity index (χ1) is 12.2. The summed E-state index contributed by atoms with van der Waals surface area (Å²) in [5.41, 5.74) is 1.72. The van der Waals surface area contributed by atoms with E-state index in [4.69, 9.17) is 4.74 Å². The van der Waals surface area contributed by atoms with Gasteiger partial charge in [-0.15, -0.1) is 0 Å². The predicted molar refractivity (Wildman–Crippen MR) is 100 cm³/mol. The van der Waals surface area contributed by atoms with E-state index in [0.29, 0.717) is 30.7 Å². The van der Waals surface area contributed by atoms with Crippen LogP contribution in [0, 0.1) is 0 Å². The van der Waals surface area contributed by atoms with Crippen LogP contribution >= 0.6 is 0 Å². The number of aliphatic hydroxyl groups is 1. The van der Waals surface area contributed by atoms with Crippen molar-refractivity contribution in [1.29, 1.82) is 0 Å². The highest BCUT2D eigenvalue weighted by atomic mass is 35.5. The number of benzene rings is 2. The number of rotatable bonds is 11. The van der Waals surface area contributed by atoms with Crippen molar-refractivity contribution in [3.8, 4) is 5.75 Å². The molecule has 0 amide bonds. The third-order valence-corrected chi connectivity index (χ3v) is 3.91. The number of aryl methyl sites for hydroxylation is 1. The number of hydrogen-bond acceptors (Lipinski definition) is 4. The fourth-order valence-electron chi connectivity index (χ4n) is 2.55. The number of aliphatic hydroxyl groups excluding tert-OH is 1. The summed E-state index contributed by atoms with van der Waals surface area (Å²) in [6, 6.07) is 17.2. The normalized spacial score (nSPS) is 11.5. The zero-order chi connectivity index (χ0) is 17.9. The van der Waals surface area contributed by atoms with Crippen molar-refractivity contribution in [2.24, 2.45) is 0 Å². The summed E-state index contributed by atoms with van der Waals surface area (Å²) >= 11 is 0. The summed E-state index contributed by atoms with van der Waals surface area (Å²) in [6.45, 7) is 3.59. The van der Waals surface area contributed by atoms with Gasteiger partial charge in [0.1, 0.15) is 18.5 Å². The zero-order valence-electron chi connectivity index (χ0n) is 15.2. The highest BCUT2D eigenvalue weighted by molar-refractivity contribution is 5.98. The number of nitrogens with one attached hydrogen (secondary N) is 1. The number of ether oxygens (including phenoxy) is 1. The Morgan fingerprint density at radius 1 is 1.12 bits per heavy atom. The Morgan fingerprint density at radius 3 is 2.54 bits per heavy atom. The van der Waals surface area contributed by atoms with Crippen molar-refractivity contribution in [1.82, 2.24) is 5.32 Å². The maximum Gasteiger partial charge on any atom is 0.166 e. The third kappa shape index (κ3) is 7.56. The van der Waals surface area contributed by atoms with Gasteiger partial charge < -0.3 is 27.6 Å². The summed E-state index contributed by atoms with van der Waals surface area (Å²) in [4.78, 5) is 12.5. The molecule has 142 valence electrons. The van der Waals surface area contributed by atoms with Crippen molar-refractivity contribution in [2.75, 3.05) is 19.7 Å². The largest absolute Gasteiger partial charge is 1.00 e. The first-order valence-electron chi connectivity index (χ1n) is 8.88. The van der Waals surface area contributed by atoms with Gasteiger partial charge in [-0.25, -0.2) is 0 Å². The van der Waals surface area contributed by atoms with Crippen molar-refractivity contribution in [2.45, 2.75) is 32.3 Å². The van der Waals surface area contributed by atoms with Gasteiger partial charge in [0.25, 0.3) is 0 Å². The molecule has 2 N–H and O–H groups in total. The molecule has 0 aliphatic carbocycles. The Bertz CT molecular complexity index is 649. The van der Waals surface area contributed by atoms with Gasteiger partial charge in [0.2, 0.25) is 0 Å². The van der Waals surface area contributed by atoms with E-state index >= 15 is 0 Å². The lowest BCUT2D eigenvalue weighted by molar-refractivity contribution is -0.0000149. The SMILES string of the molecule is CCCNCC(O)COc1ccccc1C(=O)CCc1ccccc1.[Cl-]. The molecule has 2 rings (SSSR count). The highest BCUT2D eigenvalue weighted by Crippen LogP contribution is 2.20. The molecule has 1 unspecified atom stereocenters. The maximum atomic E-state index is 12.5. The molecule has 0 aliphatic heterocycles. The topological polar surface area (TPSA) is 58.6 Å². The molecule has 0 spiro atoms. The number of carbonyl (C=O) groups is 1. The number of halogens is 1. The second-order valence-corrected chi connectivity index (χ2v) is 6.07. The van der Waals surface area contributed by atoms with E-state index in [9.17, 15) is 9.90 Å². The van der Waals surface area contributed by atoms with Crippen molar-refractivity contribution in [3.63, 3.8) is 0 Å². The number of carbonyl (C=O) groups excluding carboxylic acids is 1. The second-order valence-electron chi connectivity index (χ2n) is 6.07. The van der Waals surface area contributed by atoms with Crippen LogP contribution in [0.5, 0.6) is 5.75 Å². The van der Waals surface area contributed by atoms with Gasteiger partial charge in [-0.3, -0.25) is 4.79 Å². The highest BCUT2D eigenvalue weighted by Gasteiger charge is 2.13. The molecule has 0 heterocycles. The molecule has 2 aromatic carbocycles. The maximum absolute atomic E-state index is 12.5. The summed E-state index contributed by atoms with van der Waals surface area (Å²) in [7, 11) is 0. The zero-order valence-corrected chi connectivity index (χ0v) is 15.9. The molecular weight excluding hydrogens is 350 g/mol. The lowest BCUT2D eigenvalue weighted by Gasteiger charge is -2.15. The minimum atomic E-state index is -0.598. The lowest BCUT2D eigenvalue weighted by atomic mass is 10.0. The van der Waals surface area contributed by atoms with Crippen LogP contribution in [0.2, 0.25) is 0 Å². The number of para-hydroxylation sites is 1. The van der Waals surface area contributed by atoms with E-state index < -0.39 is 6.10 Å². The van der Waals surface area contributed by atoms with E-state index in [1.807, 2.05) is 42.5 Å². The van der Waals surface area contributed by atoms with E-state index in [-0.39, 0.29) is 24.8 Å². The lowest BCUT2D eigenvalue weighted by Crippen LogP contribution is -3.00.